The zero-order chi connectivity index (χ0) is 18.0. The van der Waals surface area contributed by atoms with Crippen molar-refractivity contribution in [1.82, 2.24) is 9.80 Å². The van der Waals surface area contributed by atoms with Gasteiger partial charge in [-0.1, -0.05) is 0 Å². The summed E-state index contributed by atoms with van der Waals surface area (Å²) in [6.07, 6.45) is -0.301. The molecule has 1 aliphatic rings. The highest BCUT2D eigenvalue weighted by Gasteiger charge is 2.45. The van der Waals surface area contributed by atoms with Gasteiger partial charge in [0, 0.05) is 25.2 Å². The van der Waals surface area contributed by atoms with Crippen LogP contribution in [0.3, 0.4) is 0 Å². The number of rotatable bonds is 3. The van der Waals surface area contributed by atoms with Gasteiger partial charge in [-0.25, -0.2) is 4.79 Å². The molecule has 0 radical (unpaired) electrons. The summed E-state index contributed by atoms with van der Waals surface area (Å²) in [7, 11) is 0. The summed E-state index contributed by atoms with van der Waals surface area (Å²) in [6, 6.07) is 0.0661. The van der Waals surface area contributed by atoms with Crippen molar-refractivity contribution in [2.45, 2.75) is 78.6 Å². The summed E-state index contributed by atoms with van der Waals surface area (Å²) in [5.41, 5.74) is -1.24. The number of carbonyl (C=O) groups excluding carboxylic acids is 2. The molecule has 0 spiro atoms. The molecule has 1 fully saturated rings. The van der Waals surface area contributed by atoms with Crippen molar-refractivity contribution in [2.24, 2.45) is 0 Å². The topological polar surface area (TPSA) is 59.1 Å². The van der Waals surface area contributed by atoms with E-state index in [0.29, 0.717) is 19.7 Å². The van der Waals surface area contributed by atoms with Crippen LogP contribution >= 0.6 is 0 Å². The minimum atomic E-state index is -0.727. The quantitative estimate of drug-likeness (QED) is 0.746. The van der Waals surface area contributed by atoms with Crippen molar-refractivity contribution in [3.8, 4) is 0 Å². The standard InChI is InChI=1S/C17H32N2O4/c1-9-22-14(20)17(7,8)19-12(2)10-18(11-13(19)3)15(21)23-16(4,5)6/h12-13H,9-11H2,1-8H3. The molecule has 6 nitrogen and oxygen atoms in total. The van der Waals surface area contributed by atoms with Gasteiger partial charge in [0.15, 0.2) is 0 Å². The first-order valence-corrected chi connectivity index (χ1v) is 8.33. The van der Waals surface area contributed by atoms with E-state index in [4.69, 9.17) is 9.47 Å². The molecule has 0 N–H and O–H groups in total. The summed E-state index contributed by atoms with van der Waals surface area (Å²) >= 11 is 0. The van der Waals surface area contributed by atoms with E-state index in [0.717, 1.165) is 0 Å². The van der Waals surface area contributed by atoms with Crippen LogP contribution in [0.2, 0.25) is 0 Å². The number of ether oxygens (including phenoxy) is 2. The second-order valence-corrected chi connectivity index (χ2v) is 7.77. The van der Waals surface area contributed by atoms with Gasteiger partial charge in [0.1, 0.15) is 11.1 Å². The molecule has 0 bridgehead atoms. The van der Waals surface area contributed by atoms with E-state index in [1.54, 1.807) is 11.8 Å². The van der Waals surface area contributed by atoms with Crippen molar-refractivity contribution < 1.29 is 19.1 Å². The van der Waals surface area contributed by atoms with Gasteiger partial charge in [-0.05, 0) is 55.4 Å². The zero-order valence-electron chi connectivity index (χ0n) is 15.8. The predicted molar refractivity (Wildman–Crippen MR) is 89.3 cm³/mol. The van der Waals surface area contributed by atoms with Crippen LogP contribution in [0.5, 0.6) is 0 Å². The highest BCUT2D eigenvalue weighted by atomic mass is 16.6. The molecule has 2 atom stereocenters. The molecule has 0 saturated carbocycles. The maximum absolute atomic E-state index is 12.3. The van der Waals surface area contributed by atoms with E-state index in [1.807, 2.05) is 48.5 Å². The number of piperazine rings is 1. The third kappa shape index (κ3) is 4.83. The molecule has 1 rings (SSSR count). The number of hydrogen-bond donors (Lipinski definition) is 0. The second kappa shape index (κ2) is 7.07. The monoisotopic (exact) mass is 328 g/mol. The predicted octanol–water partition coefficient (Wildman–Crippen LogP) is 2.66. The average Bonchev–Trinajstić information content (AvgIpc) is 2.35. The highest BCUT2D eigenvalue weighted by molar-refractivity contribution is 5.80. The van der Waals surface area contributed by atoms with E-state index in [2.05, 4.69) is 4.90 Å². The molecular weight excluding hydrogens is 296 g/mol. The third-order valence-corrected chi connectivity index (χ3v) is 3.99. The Labute approximate surface area is 140 Å². The van der Waals surface area contributed by atoms with Gasteiger partial charge < -0.3 is 14.4 Å². The molecule has 0 aliphatic carbocycles. The Kier molecular flexibility index (Phi) is 6.07. The minimum absolute atomic E-state index is 0.0330. The summed E-state index contributed by atoms with van der Waals surface area (Å²) in [5, 5.41) is 0. The molecule has 6 heteroatoms. The minimum Gasteiger partial charge on any atom is -0.465 e. The van der Waals surface area contributed by atoms with Crippen LogP contribution in [0.15, 0.2) is 0 Å². The molecule has 1 heterocycles. The lowest BCUT2D eigenvalue weighted by atomic mass is 9.95. The largest absolute Gasteiger partial charge is 0.465 e. The number of nitrogens with zero attached hydrogens (tertiary/aromatic N) is 2. The lowest BCUT2D eigenvalue weighted by Crippen LogP contribution is -2.66. The van der Waals surface area contributed by atoms with Gasteiger partial charge in [-0.2, -0.15) is 0 Å². The lowest BCUT2D eigenvalue weighted by molar-refractivity contribution is -0.161. The average molecular weight is 328 g/mol. The molecule has 2 unspecified atom stereocenters. The maximum atomic E-state index is 12.3. The number of amides is 1. The SMILES string of the molecule is CCOC(=O)C(C)(C)N1C(C)CN(C(=O)OC(C)(C)C)CC1C. The maximum Gasteiger partial charge on any atom is 0.410 e. The lowest BCUT2D eigenvalue weighted by Gasteiger charge is -2.50. The Morgan fingerprint density at radius 3 is 1.91 bits per heavy atom. The molecule has 23 heavy (non-hydrogen) atoms. The Morgan fingerprint density at radius 1 is 1.04 bits per heavy atom. The van der Waals surface area contributed by atoms with Gasteiger partial charge in [-0.3, -0.25) is 9.69 Å². The van der Waals surface area contributed by atoms with E-state index in [-0.39, 0.29) is 24.1 Å². The van der Waals surface area contributed by atoms with Crippen LogP contribution < -0.4 is 0 Å². The number of carbonyl (C=O) groups is 2. The summed E-state index contributed by atoms with van der Waals surface area (Å²) in [4.78, 5) is 28.4. The normalized spacial score (nSPS) is 23.6. The number of esters is 1. The summed E-state index contributed by atoms with van der Waals surface area (Å²) < 4.78 is 10.7. The fourth-order valence-electron chi connectivity index (χ4n) is 3.31. The van der Waals surface area contributed by atoms with Crippen molar-refractivity contribution in [2.75, 3.05) is 19.7 Å². The molecule has 1 saturated heterocycles. The molecule has 1 aliphatic heterocycles. The fraction of sp³-hybridized carbons (Fsp3) is 0.882. The third-order valence-electron chi connectivity index (χ3n) is 3.99. The summed E-state index contributed by atoms with van der Waals surface area (Å²) in [5.74, 6) is -0.232. The highest BCUT2D eigenvalue weighted by Crippen LogP contribution is 2.28. The van der Waals surface area contributed by atoms with E-state index in [1.165, 1.54) is 0 Å². The molecule has 0 aromatic heterocycles. The first-order chi connectivity index (χ1) is 10.4. The first kappa shape index (κ1) is 19.7. The fourth-order valence-corrected chi connectivity index (χ4v) is 3.31. The van der Waals surface area contributed by atoms with E-state index < -0.39 is 11.1 Å². The van der Waals surface area contributed by atoms with Gasteiger partial charge in [0.2, 0.25) is 0 Å². The van der Waals surface area contributed by atoms with E-state index in [9.17, 15) is 9.59 Å². The van der Waals surface area contributed by atoms with Gasteiger partial charge in [-0.15, -0.1) is 0 Å². The van der Waals surface area contributed by atoms with Crippen molar-refractivity contribution in [3.63, 3.8) is 0 Å². The Morgan fingerprint density at radius 2 is 1.52 bits per heavy atom. The molecular formula is C17H32N2O4. The molecule has 0 aromatic rings. The van der Waals surface area contributed by atoms with Crippen molar-refractivity contribution >= 4 is 12.1 Å². The van der Waals surface area contributed by atoms with Crippen LogP contribution in [0.25, 0.3) is 0 Å². The van der Waals surface area contributed by atoms with Gasteiger partial charge >= 0.3 is 12.1 Å². The van der Waals surface area contributed by atoms with Crippen LogP contribution in [0.4, 0.5) is 4.79 Å². The van der Waals surface area contributed by atoms with Crippen LogP contribution in [0, 0.1) is 0 Å². The van der Waals surface area contributed by atoms with Crippen LogP contribution in [-0.4, -0.2) is 64.8 Å². The second-order valence-electron chi connectivity index (χ2n) is 7.77. The smallest absolute Gasteiger partial charge is 0.410 e. The Bertz CT molecular complexity index is 430. The number of hydrogen-bond acceptors (Lipinski definition) is 5. The van der Waals surface area contributed by atoms with Crippen molar-refractivity contribution in [1.29, 1.82) is 0 Å². The van der Waals surface area contributed by atoms with Gasteiger partial charge in [0.25, 0.3) is 0 Å². The van der Waals surface area contributed by atoms with Gasteiger partial charge in [0.05, 0.1) is 6.61 Å². The Balaban J connectivity index is 2.84. The molecule has 0 aromatic carbocycles. The zero-order valence-corrected chi connectivity index (χ0v) is 15.8. The van der Waals surface area contributed by atoms with Crippen LogP contribution in [-0.2, 0) is 14.3 Å². The molecule has 134 valence electrons. The first-order valence-electron chi connectivity index (χ1n) is 8.33. The van der Waals surface area contributed by atoms with Crippen LogP contribution in [0.1, 0.15) is 55.4 Å². The molecule has 1 amide bonds. The Hall–Kier alpha value is -1.30. The van der Waals surface area contributed by atoms with E-state index >= 15 is 0 Å². The summed E-state index contributed by atoms with van der Waals surface area (Å²) in [6.45, 7) is 16.6. The van der Waals surface area contributed by atoms with Crippen molar-refractivity contribution in [3.05, 3.63) is 0 Å².